The molecule has 0 amide bonds. The SMILES string of the molecule is CCCCOc1c(O)cc(C(=O)OCCOCCOC(=O)c2cc(O)c(OCCCC)c(O)c2)cc1O. The van der Waals surface area contributed by atoms with Gasteiger partial charge in [0, 0.05) is 0 Å². The van der Waals surface area contributed by atoms with E-state index in [1.165, 1.54) is 0 Å². The van der Waals surface area contributed by atoms with Crippen molar-refractivity contribution < 1.29 is 53.7 Å². The second-order valence-corrected chi connectivity index (χ2v) is 7.98. The number of esters is 2. The average Bonchev–Trinajstić information content (AvgIpc) is 2.86. The molecule has 0 saturated carbocycles. The molecule has 0 aliphatic rings. The summed E-state index contributed by atoms with van der Waals surface area (Å²) >= 11 is 0. The van der Waals surface area contributed by atoms with Crippen molar-refractivity contribution in [2.24, 2.45) is 0 Å². The number of carbonyl (C=O) groups is 2. The van der Waals surface area contributed by atoms with Gasteiger partial charge in [0.15, 0.2) is 23.0 Å². The van der Waals surface area contributed by atoms with Crippen LogP contribution < -0.4 is 9.47 Å². The van der Waals surface area contributed by atoms with Gasteiger partial charge < -0.3 is 44.1 Å². The summed E-state index contributed by atoms with van der Waals surface area (Å²) in [7, 11) is 0. The van der Waals surface area contributed by atoms with E-state index in [2.05, 4.69) is 0 Å². The van der Waals surface area contributed by atoms with Crippen molar-refractivity contribution in [3.05, 3.63) is 35.4 Å². The van der Waals surface area contributed by atoms with Gasteiger partial charge in [0.25, 0.3) is 0 Å². The molecule has 2 aromatic rings. The fourth-order valence-electron chi connectivity index (χ4n) is 3.02. The first-order chi connectivity index (χ1) is 17.8. The molecule has 0 unspecified atom stereocenters. The van der Waals surface area contributed by atoms with Crippen LogP contribution in [0.4, 0.5) is 0 Å². The van der Waals surface area contributed by atoms with Crippen LogP contribution in [-0.2, 0) is 14.2 Å². The lowest BCUT2D eigenvalue weighted by atomic mass is 10.2. The lowest BCUT2D eigenvalue weighted by molar-refractivity contribution is 0.0150. The molecule has 0 radical (unpaired) electrons. The first kappa shape index (κ1) is 29.4. The van der Waals surface area contributed by atoms with E-state index in [0.717, 1.165) is 49.9 Å². The molecule has 0 aliphatic heterocycles. The molecule has 0 saturated heterocycles. The van der Waals surface area contributed by atoms with Gasteiger partial charge in [0.2, 0.25) is 11.5 Å². The van der Waals surface area contributed by atoms with Crippen molar-refractivity contribution in [2.45, 2.75) is 39.5 Å². The summed E-state index contributed by atoms with van der Waals surface area (Å²) in [5, 5.41) is 40.0. The quantitative estimate of drug-likeness (QED) is 0.187. The van der Waals surface area contributed by atoms with Gasteiger partial charge in [-0.1, -0.05) is 26.7 Å². The van der Waals surface area contributed by atoms with Crippen molar-refractivity contribution in [1.29, 1.82) is 0 Å². The molecule has 2 rings (SSSR count). The van der Waals surface area contributed by atoms with E-state index in [9.17, 15) is 30.0 Å². The number of hydrogen-bond acceptors (Lipinski definition) is 11. The van der Waals surface area contributed by atoms with Crippen LogP contribution in [-0.4, -0.2) is 72.0 Å². The van der Waals surface area contributed by atoms with Gasteiger partial charge in [-0.2, -0.15) is 0 Å². The van der Waals surface area contributed by atoms with E-state index in [1.54, 1.807) is 0 Å². The average molecular weight is 523 g/mol. The molecule has 204 valence electrons. The monoisotopic (exact) mass is 522 g/mol. The zero-order valence-corrected chi connectivity index (χ0v) is 21.0. The molecule has 0 fully saturated rings. The second kappa shape index (κ2) is 15.3. The first-order valence-corrected chi connectivity index (χ1v) is 12.1. The van der Waals surface area contributed by atoms with Crippen LogP contribution in [0, 0.1) is 0 Å². The highest BCUT2D eigenvalue weighted by Gasteiger charge is 2.18. The Balaban J connectivity index is 1.70. The van der Waals surface area contributed by atoms with E-state index >= 15 is 0 Å². The smallest absolute Gasteiger partial charge is 0.338 e. The minimum Gasteiger partial charge on any atom is -0.504 e. The highest BCUT2D eigenvalue weighted by molar-refractivity contribution is 5.91. The van der Waals surface area contributed by atoms with Gasteiger partial charge in [-0.15, -0.1) is 0 Å². The number of ether oxygens (including phenoxy) is 5. The van der Waals surface area contributed by atoms with Crippen LogP contribution in [0.5, 0.6) is 34.5 Å². The first-order valence-electron chi connectivity index (χ1n) is 12.1. The molecule has 2 aromatic carbocycles. The van der Waals surface area contributed by atoms with E-state index < -0.39 is 11.9 Å². The molecule has 0 aromatic heterocycles. The van der Waals surface area contributed by atoms with Crippen LogP contribution >= 0.6 is 0 Å². The number of phenolic OH excluding ortho intramolecular Hbond substituents is 4. The predicted molar refractivity (Wildman–Crippen MR) is 132 cm³/mol. The Kier molecular flexibility index (Phi) is 12.1. The van der Waals surface area contributed by atoms with Crippen molar-refractivity contribution in [2.75, 3.05) is 39.6 Å². The Morgan fingerprint density at radius 1 is 0.595 bits per heavy atom. The number of phenols is 4. The highest BCUT2D eigenvalue weighted by atomic mass is 16.6. The maximum atomic E-state index is 12.1. The van der Waals surface area contributed by atoms with Crippen LogP contribution in [0.3, 0.4) is 0 Å². The number of hydrogen-bond donors (Lipinski definition) is 4. The molecular weight excluding hydrogens is 488 g/mol. The van der Waals surface area contributed by atoms with Gasteiger partial charge >= 0.3 is 11.9 Å². The fraction of sp³-hybridized carbons (Fsp3) is 0.462. The van der Waals surface area contributed by atoms with Gasteiger partial charge in [-0.25, -0.2) is 9.59 Å². The molecule has 0 spiro atoms. The third-order valence-electron chi connectivity index (χ3n) is 4.98. The van der Waals surface area contributed by atoms with Crippen LogP contribution in [0.2, 0.25) is 0 Å². The van der Waals surface area contributed by atoms with Gasteiger partial charge in [-0.3, -0.25) is 0 Å². The summed E-state index contributed by atoms with van der Waals surface area (Å²) < 4.78 is 26.0. The molecule has 0 atom stereocenters. The van der Waals surface area contributed by atoms with Crippen LogP contribution in [0.25, 0.3) is 0 Å². The molecule has 11 heteroatoms. The van der Waals surface area contributed by atoms with Crippen LogP contribution in [0.1, 0.15) is 60.2 Å². The number of carbonyl (C=O) groups excluding carboxylic acids is 2. The van der Waals surface area contributed by atoms with Crippen molar-refractivity contribution in [3.8, 4) is 34.5 Å². The second-order valence-electron chi connectivity index (χ2n) is 7.98. The summed E-state index contributed by atoms with van der Waals surface area (Å²) in [5.41, 5.74) is -0.111. The fourth-order valence-corrected chi connectivity index (χ4v) is 3.02. The van der Waals surface area contributed by atoms with Crippen molar-refractivity contribution in [1.82, 2.24) is 0 Å². The van der Waals surface area contributed by atoms with Gasteiger partial charge in [-0.05, 0) is 37.1 Å². The zero-order chi connectivity index (χ0) is 27.2. The Morgan fingerprint density at radius 2 is 0.946 bits per heavy atom. The zero-order valence-electron chi connectivity index (χ0n) is 21.0. The summed E-state index contributed by atoms with van der Waals surface area (Å²) in [6.45, 7) is 4.35. The predicted octanol–water partition coefficient (Wildman–Crippen LogP) is 3.90. The highest BCUT2D eigenvalue weighted by Crippen LogP contribution is 2.38. The molecule has 0 bridgehead atoms. The summed E-state index contributed by atoms with van der Waals surface area (Å²) in [4.78, 5) is 24.3. The molecule has 4 N–H and O–H groups in total. The number of unbranched alkanes of at least 4 members (excludes halogenated alkanes) is 2. The van der Waals surface area contributed by atoms with E-state index in [-0.39, 0.29) is 72.1 Å². The third-order valence-corrected chi connectivity index (χ3v) is 4.98. The van der Waals surface area contributed by atoms with E-state index in [1.807, 2.05) is 13.8 Å². The minimum atomic E-state index is -0.775. The lowest BCUT2D eigenvalue weighted by Crippen LogP contribution is -2.15. The Bertz CT molecular complexity index is 908. The Labute approximate surface area is 215 Å². The lowest BCUT2D eigenvalue weighted by Gasteiger charge is -2.12. The topological polar surface area (TPSA) is 161 Å². The number of aromatic hydroxyl groups is 4. The Hall–Kier alpha value is -3.86. The number of benzene rings is 2. The normalized spacial score (nSPS) is 10.6. The molecule has 0 aliphatic carbocycles. The van der Waals surface area contributed by atoms with Crippen molar-refractivity contribution >= 4 is 11.9 Å². The standard InChI is InChI=1S/C26H34O11/c1-3-5-7-34-23-19(27)13-17(14-20(23)28)25(31)36-11-9-33-10-12-37-26(32)18-15-21(29)24(22(30)16-18)35-8-6-4-2/h13-16,27-30H,3-12H2,1-2H3. The van der Waals surface area contributed by atoms with Gasteiger partial charge in [0.05, 0.1) is 37.6 Å². The minimum absolute atomic E-state index is 0.00480. The third kappa shape index (κ3) is 9.26. The summed E-state index contributed by atoms with van der Waals surface area (Å²) in [6, 6.07) is 4.57. The maximum Gasteiger partial charge on any atom is 0.338 e. The van der Waals surface area contributed by atoms with Crippen molar-refractivity contribution in [3.63, 3.8) is 0 Å². The largest absolute Gasteiger partial charge is 0.504 e. The Morgan fingerprint density at radius 3 is 1.27 bits per heavy atom. The van der Waals surface area contributed by atoms with Crippen LogP contribution in [0.15, 0.2) is 24.3 Å². The summed E-state index contributed by atoms with van der Waals surface area (Å²) in [6.07, 6.45) is 3.26. The van der Waals surface area contributed by atoms with Gasteiger partial charge in [0.1, 0.15) is 13.2 Å². The number of rotatable bonds is 16. The molecule has 37 heavy (non-hydrogen) atoms. The van der Waals surface area contributed by atoms with E-state index in [0.29, 0.717) is 13.2 Å². The molecule has 11 nitrogen and oxygen atoms in total. The summed E-state index contributed by atoms with van der Waals surface area (Å²) in [5.74, 6) is -3.23. The maximum absolute atomic E-state index is 12.1. The molecular formula is C26H34O11. The molecule has 0 heterocycles. The van der Waals surface area contributed by atoms with E-state index in [4.69, 9.17) is 23.7 Å².